The zero-order valence-electron chi connectivity index (χ0n) is 17.0. The molecule has 1 aliphatic rings. The maximum Gasteiger partial charge on any atom is 0.233 e. The van der Waals surface area contributed by atoms with E-state index in [0.29, 0.717) is 11.7 Å². The topological polar surface area (TPSA) is 51.0 Å². The van der Waals surface area contributed by atoms with Crippen LogP contribution in [0.15, 0.2) is 52.9 Å². The Morgan fingerprint density at radius 2 is 1.80 bits per heavy atom. The lowest BCUT2D eigenvalue weighted by Gasteiger charge is -2.32. The number of imidazole rings is 1. The summed E-state index contributed by atoms with van der Waals surface area (Å²) in [4.78, 5) is 24.0. The van der Waals surface area contributed by atoms with Crippen LogP contribution >= 0.6 is 23.1 Å². The molecule has 3 heterocycles. The number of carbonyl (C=O) groups excluding carboxylic acids is 1. The van der Waals surface area contributed by atoms with E-state index in [-0.39, 0.29) is 5.91 Å². The summed E-state index contributed by atoms with van der Waals surface area (Å²) in [5.74, 6) is 2.35. The molecule has 0 aliphatic carbocycles. The van der Waals surface area contributed by atoms with Gasteiger partial charge in [-0.15, -0.1) is 11.3 Å². The predicted molar refractivity (Wildman–Crippen MR) is 124 cm³/mol. The lowest BCUT2D eigenvalue weighted by Crippen LogP contribution is -2.40. The van der Waals surface area contributed by atoms with E-state index in [1.807, 2.05) is 29.2 Å². The summed E-state index contributed by atoms with van der Waals surface area (Å²) in [5, 5.41) is 0. The number of hydrogen-bond donors (Lipinski definition) is 0. The van der Waals surface area contributed by atoms with Crippen LogP contribution in [0.5, 0.6) is 0 Å². The third-order valence-electron chi connectivity index (χ3n) is 5.85. The van der Waals surface area contributed by atoms with Gasteiger partial charge in [-0.2, -0.15) is 0 Å². The van der Waals surface area contributed by atoms with Crippen molar-refractivity contribution in [1.29, 1.82) is 0 Å². The number of aromatic nitrogens is 3. The standard InChI is InChI=1S/C23H24N4OS2/c1-16-24-18-6-2-4-8-20(18)27(16)14-17-10-12-26(13-11-17)22(28)15-29-23-25-19-7-3-5-9-21(19)30-23/h2-9,17H,10-15H2,1H3. The second-order valence-electron chi connectivity index (χ2n) is 7.82. The molecule has 4 aromatic rings. The number of nitrogens with zero attached hydrogens (tertiary/aromatic N) is 4. The molecule has 5 rings (SSSR count). The lowest BCUT2D eigenvalue weighted by molar-refractivity contribution is -0.129. The summed E-state index contributed by atoms with van der Waals surface area (Å²) >= 11 is 3.22. The normalized spacial score (nSPS) is 15.3. The molecule has 154 valence electrons. The highest BCUT2D eigenvalue weighted by Gasteiger charge is 2.24. The zero-order chi connectivity index (χ0) is 20.5. The van der Waals surface area contributed by atoms with E-state index in [1.54, 1.807) is 23.1 Å². The molecule has 30 heavy (non-hydrogen) atoms. The first-order valence-corrected chi connectivity index (χ1v) is 12.2. The number of amides is 1. The van der Waals surface area contributed by atoms with Crippen LogP contribution in [0.3, 0.4) is 0 Å². The van der Waals surface area contributed by atoms with Gasteiger partial charge in [-0.05, 0) is 49.9 Å². The number of piperidine rings is 1. The highest BCUT2D eigenvalue weighted by molar-refractivity contribution is 8.01. The molecule has 0 spiro atoms. The van der Waals surface area contributed by atoms with E-state index < -0.39 is 0 Å². The average molecular weight is 437 g/mol. The minimum absolute atomic E-state index is 0.224. The van der Waals surface area contributed by atoms with Crippen LogP contribution in [0.2, 0.25) is 0 Å². The van der Waals surface area contributed by atoms with Crippen LogP contribution in [-0.2, 0) is 11.3 Å². The third kappa shape index (κ3) is 3.96. The van der Waals surface area contributed by atoms with Crippen LogP contribution in [-0.4, -0.2) is 44.2 Å². The first kappa shape index (κ1) is 19.6. The van der Waals surface area contributed by atoms with Crippen molar-refractivity contribution in [2.45, 2.75) is 30.6 Å². The summed E-state index contributed by atoms with van der Waals surface area (Å²) in [5.41, 5.74) is 3.29. The molecule has 1 fully saturated rings. The van der Waals surface area contributed by atoms with Gasteiger partial charge in [0, 0.05) is 19.6 Å². The molecule has 2 aromatic carbocycles. The number of likely N-dealkylation sites (tertiary alicyclic amines) is 1. The summed E-state index contributed by atoms with van der Waals surface area (Å²) in [6.07, 6.45) is 2.09. The SMILES string of the molecule is Cc1nc2ccccc2n1CC1CCN(C(=O)CSc2nc3ccccc3s2)CC1. The molecule has 2 aromatic heterocycles. The molecular formula is C23H24N4OS2. The van der Waals surface area contributed by atoms with Crippen LogP contribution < -0.4 is 0 Å². The number of rotatable bonds is 5. The second kappa shape index (κ2) is 8.40. The van der Waals surface area contributed by atoms with E-state index in [9.17, 15) is 4.79 Å². The minimum Gasteiger partial charge on any atom is -0.342 e. The number of thioether (sulfide) groups is 1. The van der Waals surface area contributed by atoms with Gasteiger partial charge in [0.05, 0.1) is 27.0 Å². The molecule has 0 saturated carbocycles. The van der Waals surface area contributed by atoms with Crippen molar-refractivity contribution in [3.05, 3.63) is 54.4 Å². The van der Waals surface area contributed by atoms with Crippen molar-refractivity contribution in [3.63, 3.8) is 0 Å². The molecule has 0 bridgehead atoms. The average Bonchev–Trinajstić information content (AvgIpc) is 3.33. The van der Waals surface area contributed by atoms with Crippen molar-refractivity contribution in [2.75, 3.05) is 18.8 Å². The number of aryl methyl sites for hydroxylation is 1. The molecule has 5 nitrogen and oxygen atoms in total. The highest BCUT2D eigenvalue weighted by atomic mass is 32.2. The van der Waals surface area contributed by atoms with E-state index in [0.717, 1.165) is 53.7 Å². The van der Waals surface area contributed by atoms with E-state index in [4.69, 9.17) is 0 Å². The summed E-state index contributed by atoms with van der Waals surface area (Å²) in [6, 6.07) is 16.5. The number of para-hydroxylation sites is 3. The van der Waals surface area contributed by atoms with Crippen molar-refractivity contribution in [2.24, 2.45) is 5.92 Å². The minimum atomic E-state index is 0.224. The van der Waals surface area contributed by atoms with Gasteiger partial charge in [0.25, 0.3) is 0 Å². The van der Waals surface area contributed by atoms with Gasteiger partial charge >= 0.3 is 0 Å². The predicted octanol–water partition coefficient (Wildman–Crippen LogP) is 4.99. The van der Waals surface area contributed by atoms with Crippen LogP contribution in [0.25, 0.3) is 21.3 Å². The molecule has 0 N–H and O–H groups in total. The Morgan fingerprint density at radius 3 is 2.60 bits per heavy atom. The first-order chi connectivity index (χ1) is 14.7. The Balaban J connectivity index is 1.15. The van der Waals surface area contributed by atoms with E-state index in [2.05, 4.69) is 45.7 Å². The Hall–Kier alpha value is -2.38. The van der Waals surface area contributed by atoms with Crippen LogP contribution in [0.1, 0.15) is 18.7 Å². The number of carbonyl (C=O) groups is 1. The number of thiazole rings is 1. The number of benzene rings is 2. The lowest BCUT2D eigenvalue weighted by atomic mass is 9.96. The highest BCUT2D eigenvalue weighted by Crippen LogP contribution is 2.30. The molecule has 0 radical (unpaired) electrons. The van der Waals surface area contributed by atoms with Gasteiger partial charge < -0.3 is 9.47 Å². The van der Waals surface area contributed by atoms with Gasteiger partial charge in [-0.25, -0.2) is 9.97 Å². The molecule has 1 aliphatic heterocycles. The zero-order valence-corrected chi connectivity index (χ0v) is 18.6. The van der Waals surface area contributed by atoms with E-state index >= 15 is 0 Å². The summed E-state index contributed by atoms with van der Waals surface area (Å²) < 4.78 is 4.48. The Labute approximate surface area is 184 Å². The molecule has 0 unspecified atom stereocenters. The van der Waals surface area contributed by atoms with Gasteiger partial charge in [0.15, 0.2) is 4.34 Å². The van der Waals surface area contributed by atoms with Crippen molar-refractivity contribution in [3.8, 4) is 0 Å². The molecule has 0 atom stereocenters. The smallest absolute Gasteiger partial charge is 0.233 e. The molecule has 7 heteroatoms. The molecule has 1 amide bonds. The Bertz CT molecular complexity index is 1160. The van der Waals surface area contributed by atoms with E-state index in [1.165, 1.54) is 10.2 Å². The fraction of sp³-hybridized carbons (Fsp3) is 0.348. The van der Waals surface area contributed by atoms with Gasteiger partial charge in [-0.1, -0.05) is 36.0 Å². The fourth-order valence-corrected chi connectivity index (χ4v) is 6.15. The maximum atomic E-state index is 12.7. The van der Waals surface area contributed by atoms with Crippen molar-refractivity contribution >= 4 is 50.3 Å². The quantitative estimate of drug-likeness (QED) is 0.414. The largest absolute Gasteiger partial charge is 0.342 e. The second-order valence-corrected chi connectivity index (χ2v) is 10.1. The fourth-order valence-electron chi connectivity index (χ4n) is 4.18. The summed E-state index contributed by atoms with van der Waals surface area (Å²) in [6.45, 7) is 4.75. The monoisotopic (exact) mass is 436 g/mol. The molecular weight excluding hydrogens is 412 g/mol. The Kier molecular flexibility index (Phi) is 5.48. The van der Waals surface area contributed by atoms with Gasteiger partial charge in [0.1, 0.15) is 5.82 Å². The maximum absolute atomic E-state index is 12.7. The number of hydrogen-bond acceptors (Lipinski definition) is 5. The van der Waals surface area contributed by atoms with Gasteiger partial charge in [-0.3, -0.25) is 4.79 Å². The first-order valence-electron chi connectivity index (χ1n) is 10.4. The van der Waals surface area contributed by atoms with Crippen molar-refractivity contribution < 1.29 is 4.79 Å². The van der Waals surface area contributed by atoms with Gasteiger partial charge in [0.2, 0.25) is 5.91 Å². The molecule has 1 saturated heterocycles. The van der Waals surface area contributed by atoms with Crippen LogP contribution in [0.4, 0.5) is 0 Å². The number of fused-ring (bicyclic) bond motifs is 2. The third-order valence-corrected chi connectivity index (χ3v) is 8.01. The summed E-state index contributed by atoms with van der Waals surface area (Å²) in [7, 11) is 0. The van der Waals surface area contributed by atoms with Crippen molar-refractivity contribution in [1.82, 2.24) is 19.4 Å². The van der Waals surface area contributed by atoms with Crippen LogP contribution in [0, 0.1) is 12.8 Å². The Morgan fingerprint density at radius 1 is 1.07 bits per heavy atom.